The van der Waals surface area contributed by atoms with Crippen LogP contribution in [0, 0.1) is 0 Å². The van der Waals surface area contributed by atoms with Crippen LogP contribution in [0.25, 0.3) is 0 Å². The van der Waals surface area contributed by atoms with Crippen molar-refractivity contribution in [3.8, 4) is 0 Å². The molecule has 2 atom stereocenters. The largest absolute Gasteiger partial charge is 0.384 e. The summed E-state index contributed by atoms with van der Waals surface area (Å²) in [6.45, 7) is 0.328. The number of nitrogens with zero attached hydrogens (tertiary/aromatic N) is 4. The van der Waals surface area contributed by atoms with Crippen LogP contribution >= 0.6 is 27.3 Å². The van der Waals surface area contributed by atoms with Crippen molar-refractivity contribution in [3.05, 3.63) is 38.6 Å². The summed E-state index contributed by atoms with van der Waals surface area (Å²) >= 11 is 5.17. The van der Waals surface area contributed by atoms with Gasteiger partial charge in [-0.3, -0.25) is 4.79 Å². The summed E-state index contributed by atoms with van der Waals surface area (Å²) in [5.74, 6) is 0.450. The van der Waals surface area contributed by atoms with E-state index in [0.717, 1.165) is 15.2 Å². The average Bonchev–Trinajstić information content (AvgIpc) is 3.00. The number of hydrogen-bond donors (Lipinski definition) is 1. The van der Waals surface area contributed by atoms with Crippen LogP contribution in [-0.4, -0.2) is 35.2 Å². The first-order valence-corrected chi connectivity index (χ1v) is 8.74. The average molecular weight is 392 g/mol. The zero-order chi connectivity index (χ0) is 16.1. The van der Waals surface area contributed by atoms with E-state index in [2.05, 4.69) is 32.1 Å². The van der Waals surface area contributed by atoms with Gasteiger partial charge < -0.3 is 10.6 Å². The molecule has 0 radical (unpaired) electrons. The fraction of sp³-hybridized carbons (Fsp3) is 0.267. The van der Waals surface area contributed by atoms with Gasteiger partial charge in [-0.15, -0.1) is 11.3 Å². The lowest BCUT2D eigenvalue weighted by molar-refractivity contribution is -0.134. The van der Waals surface area contributed by atoms with Gasteiger partial charge in [0, 0.05) is 18.1 Å². The summed E-state index contributed by atoms with van der Waals surface area (Å²) in [7, 11) is 1.96. The Morgan fingerprint density at radius 2 is 2.26 bits per heavy atom. The van der Waals surface area contributed by atoms with Crippen molar-refractivity contribution in [2.24, 2.45) is 5.10 Å². The molecule has 2 unspecified atom stereocenters. The maximum absolute atomic E-state index is 12.9. The summed E-state index contributed by atoms with van der Waals surface area (Å²) in [4.78, 5) is 20.3. The van der Waals surface area contributed by atoms with Crippen LogP contribution in [0.2, 0.25) is 0 Å². The molecule has 2 aromatic heterocycles. The Morgan fingerprint density at radius 1 is 1.43 bits per heavy atom. The van der Waals surface area contributed by atoms with Gasteiger partial charge in [-0.1, -0.05) is 6.07 Å². The fourth-order valence-electron chi connectivity index (χ4n) is 3.10. The molecule has 0 bridgehead atoms. The van der Waals surface area contributed by atoms with Crippen molar-refractivity contribution in [2.75, 3.05) is 17.7 Å². The molecule has 0 saturated heterocycles. The van der Waals surface area contributed by atoms with Gasteiger partial charge in [-0.2, -0.15) is 5.10 Å². The lowest BCUT2D eigenvalue weighted by Crippen LogP contribution is -2.48. The van der Waals surface area contributed by atoms with Crippen LogP contribution in [0.5, 0.6) is 0 Å². The molecule has 4 heterocycles. The van der Waals surface area contributed by atoms with E-state index in [-0.39, 0.29) is 17.9 Å². The monoisotopic (exact) mass is 391 g/mol. The standard InChI is InChI=1S/C15H14BrN5OS/c1-20-10-5-11(16)23-14(10)9-6-18-21(15(22)13(9)20)7-8-3-2-4-12(17)19-8/h2-6,9,13H,7H2,1H3,(H2,17,19). The third-order valence-corrected chi connectivity index (χ3v) is 5.89. The number of fused-ring (bicyclic) bond motifs is 3. The second-order valence-electron chi connectivity index (χ2n) is 5.60. The van der Waals surface area contributed by atoms with Crippen molar-refractivity contribution in [1.82, 2.24) is 9.99 Å². The SMILES string of the molecule is CN1c2cc(Br)sc2C2C=NN(Cc3cccc(N)n3)C(=O)C21. The highest BCUT2D eigenvalue weighted by Gasteiger charge is 2.46. The molecule has 6 nitrogen and oxygen atoms in total. The molecule has 2 aromatic rings. The Hall–Kier alpha value is -1.93. The second kappa shape index (κ2) is 5.31. The topological polar surface area (TPSA) is 74.8 Å². The van der Waals surface area contributed by atoms with Crippen LogP contribution < -0.4 is 10.6 Å². The number of nitrogens with two attached hydrogens (primary N) is 1. The minimum Gasteiger partial charge on any atom is -0.384 e. The molecular weight excluding hydrogens is 378 g/mol. The molecule has 0 fully saturated rings. The minimum atomic E-state index is -0.233. The van der Waals surface area contributed by atoms with Gasteiger partial charge in [0.15, 0.2) is 0 Å². The number of carbonyl (C=O) groups excluding carboxylic acids is 1. The number of anilines is 2. The van der Waals surface area contributed by atoms with Gasteiger partial charge in [0.2, 0.25) is 0 Å². The number of hydrogen-bond acceptors (Lipinski definition) is 6. The summed E-state index contributed by atoms with van der Waals surface area (Å²) in [6, 6.07) is 7.22. The number of rotatable bonds is 2. The number of thiophene rings is 1. The Labute approximate surface area is 145 Å². The van der Waals surface area contributed by atoms with Crippen molar-refractivity contribution >= 4 is 50.9 Å². The molecule has 2 aliphatic rings. The zero-order valence-electron chi connectivity index (χ0n) is 12.3. The van der Waals surface area contributed by atoms with Crippen LogP contribution in [0.3, 0.4) is 0 Å². The predicted molar refractivity (Wildman–Crippen MR) is 94.6 cm³/mol. The summed E-state index contributed by atoms with van der Waals surface area (Å²) in [6.07, 6.45) is 1.86. The molecule has 0 aliphatic carbocycles. The molecule has 2 aliphatic heterocycles. The molecule has 8 heteroatoms. The molecule has 118 valence electrons. The Morgan fingerprint density at radius 3 is 3.04 bits per heavy atom. The maximum Gasteiger partial charge on any atom is 0.266 e. The minimum absolute atomic E-state index is 0.0104. The van der Waals surface area contributed by atoms with Crippen molar-refractivity contribution in [2.45, 2.75) is 18.5 Å². The number of likely N-dealkylation sites (N-methyl/N-ethyl adjacent to an activating group) is 1. The fourth-order valence-corrected chi connectivity index (χ4v) is 4.86. The quantitative estimate of drug-likeness (QED) is 0.852. The summed E-state index contributed by atoms with van der Waals surface area (Å²) < 4.78 is 1.07. The van der Waals surface area contributed by atoms with Crippen LogP contribution in [0.4, 0.5) is 11.5 Å². The molecule has 1 amide bonds. The molecule has 0 spiro atoms. The first-order chi connectivity index (χ1) is 11.0. The number of carbonyl (C=O) groups is 1. The number of hydrazone groups is 1. The second-order valence-corrected chi connectivity index (χ2v) is 8.06. The van der Waals surface area contributed by atoms with Gasteiger partial charge >= 0.3 is 0 Å². The lowest BCUT2D eigenvalue weighted by Gasteiger charge is -2.31. The van der Waals surface area contributed by atoms with Crippen molar-refractivity contribution in [3.63, 3.8) is 0 Å². The van der Waals surface area contributed by atoms with Gasteiger partial charge in [-0.25, -0.2) is 9.99 Å². The highest BCUT2D eigenvalue weighted by molar-refractivity contribution is 9.11. The van der Waals surface area contributed by atoms with E-state index in [1.807, 2.05) is 30.3 Å². The van der Waals surface area contributed by atoms with Gasteiger partial charge in [0.1, 0.15) is 11.9 Å². The van der Waals surface area contributed by atoms with E-state index in [4.69, 9.17) is 5.73 Å². The van der Waals surface area contributed by atoms with Crippen LogP contribution in [0.15, 0.2) is 33.2 Å². The van der Waals surface area contributed by atoms with Crippen molar-refractivity contribution in [1.29, 1.82) is 0 Å². The molecule has 2 N–H and O–H groups in total. The van der Waals surface area contributed by atoms with E-state index < -0.39 is 0 Å². The Bertz CT molecular complexity index is 820. The van der Waals surface area contributed by atoms with Crippen molar-refractivity contribution < 1.29 is 4.79 Å². The Kier molecular flexibility index (Phi) is 3.38. The molecular formula is C15H14BrN5OS. The number of aromatic nitrogens is 1. The number of nitrogen functional groups attached to an aromatic ring is 1. The van der Waals surface area contributed by atoms with Gasteiger partial charge in [0.05, 0.1) is 27.6 Å². The molecule has 23 heavy (non-hydrogen) atoms. The van der Waals surface area contributed by atoms with Gasteiger partial charge in [0.25, 0.3) is 5.91 Å². The van der Waals surface area contributed by atoms with E-state index in [1.165, 1.54) is 9.89 Å². The predicted octanol–water partition coefficient (Wildman–Crippen LogP) is 2.42. The first kappa shape index (κ1) is 14.6. The van der Waals surface area contributed by atoms with Crippen LogP contribution in [-0.2, 0) is 11.3 Å². The third-order valence-electron chi connectivity index (χ3n) is 4.16. The highest BCUT2D eigenvalue weighted by atomic mass is 79.9. The van der Waals surface area contributed by atoms with Gasteiger partial charge in [-0.05, 0) is 34.1 Å². The number of halogens is 1. The van der Waals surface area contributed by atoms with Crippen LogP contribution in [0.1, 0.15) is 16.5 Å². The number of pyridine rings is 1. The maximum atomic E-state index is 12.9. The molecule has 0 aromatic carbocycles. The lowest BCUT2D eigenvalue weighted by atomic mass is 10.0. The summed E-state index contributed by atoms with van der Waals surface area (Å²) in [5.41, 5.74) is 7.53. The zero-order valence-corrected chi connectivity index (χ0v) is 14.7. The number of amides is 1. The van der Waals surface area contributed by atoms with E-state index in [0.29, 0.717) is 12.4 Å². The Balaban J connectivity index is 1.63. The van der Waals surface area contributed by atoms with E-state index in [1.54, 1.807) is 17.4 Å². The highest BCUT2D eigenvalue weighted by Crippen LogP contribution is 2.47. The van der Waals surface area contributed by atoms with E-state index >= 15 is 0 Å². The molecule has 4 rings (SSSR count). The normalized spacial score (nSPS) is 22.4. The smallest absolute Gasteiger partial charge is 0.266 e. The first-order valence-electron chi connectivity index (χ1n) is 7.13. The van der Waals surface area contributed by atoms with E-state index in [9.17, 15) is 4.79 Å². The third kappa shape index (κ3) is 2.33. The molecule has 0 saturated carbocycles. The summed E-state index contributed by atoms with van der Waals surface area (Å²) in [5, 5.41) is 5.84.